The third-order valence-electron chi connectivity index (χ3n) is 5.82. The van der Waals surface area contributed by atoms with Crippen molar-refractivity contribution in [3.05, 3.63) is 30.1 Å². The molecule has 2 fully saturated rings. The van der Waals surface area contributed by atoms with Crippen molar-refractivity contribution in [1.82, 2.24) is 33.7 Å². The monoisotopic (exact) mass is 448 g/mol. The second-order valence-electron chi connectivity index (χ2n) is 7.89. The van der Waals surface area contributed by atoms with Crippen LogP contribution in [0.3, 0.4) is 0 Å². The smallest absolute Gasteiger partial charge is 0.321 e. The summed E-state index contributed by atoms with van der Waals surface area (Å²) in [5.41, 5.74) is 2.31. The van der Waals surface area contributed by atoms with Crippen LogP contribution in [0.4, 0.5) is 10.5 Å². The molecule has 2 aliphatic rings. The SMILES string of the molecule is Cc1ccc(-n2cnnn2)cc1NC(=O)N1CCN(S(=O)(=O)N2CCCCCC2)CC1. The zero-order chi connectivity index (χ0) is 21.8. The van der Waals surface area contributed by atoms with Crippen LogP contribution in [0.15, 0.2) is 24.5 Å². The number of carbonyl (C=O) groups is 1. The minimum Gasteiger partial charge on any atom is -0.322 e. The molecule has 11 nitrogen and oxygen atoms in total. The summed E-state index contributed by atoms with van der Waals surface area (Å²) in [5, 5.41) is 14.1. The number of hydrogen-bond donors (Lipinski definition) is 1. The van der Waals surface area contributed by atoms with E-state index in [0.29, 0.717) is 45.0 Å². The van der Waals surface area contributed by atoms with Crippen LogP contribution >= 0.6 is 0 Å². The highest BCUT2D eigenvalue weighted by Gasteiger charge is 2.33. The predicted octanol–water partition coefficient (Wildman–Crippen LogP) is 1.24. The molecule has 2 saturated heterocycles. The van der Waals surface area contributed by atoms with Crippen LogP contribution in [0.5, 0.6) is 0 Å². The van der Waals surface area contributed by atoms with E-state index in [9.17, 15) is 13.2 Å². The summed E-state index contributed by atoms with van der Waals surface area (Å²) >= 11 is 0. The quantitative estimate of drug-likeness (QED) is 0.752. The highest BCUT2D eigenvalue weighted by molar-refractivity contribution is 7.86. The Bertz CT molecular complexity index is 995. The molecule has 2 aromatic rings. The number of aromatic nitrogens is 4. The predicted molar refractivity (Wildman–Crippen MR) is 115 cm³/mol. The third-order valence-corrected chi connectivity index (χ3v) is 7.86. The fraction of sp³-hybridized carbons (Fsp3) is 0.579. The van der Waals surface area contributed by atoms with Crippen LogP contribution in [0.25, 0.3) is 5.69 Å². The van der Waals surface area contributed by atoms with Crippen molar-refractivity contribution in [2.45, 2.75) is 32.6 Å². The van der Waals surface area contributed by atoms with E-state index in [1.807, 2.05) is 25.1 Å². The number of piperazine rings is 1. The molecule has 1 N–H and O–H groups in total. The first kappa shape index (κ1) is 21.7. The van der Waals surface area contributed by atoms with E-state index in [1.165, 1.54) is 15.3 Å². The van der Waals surface area contributed by atoms with E-state index in [4.69, 9.17) is 0 Å². The minimum absolute atomic E-state index is 0.246. The summed E-state index contributed by atoms with van der Waals surface area (Å²) in [6.45, 7) is 4.38. The number of anilines is 1. The van der Waals surface area contributed by atoms with Crippen LogP contribution in [0, 0.1) is 6.92 Å². The lowest BCUT2D eigenvalue weighted by molar-refractivity contribution is 0.180. The maximum absolute atomic E-state index is 13.0. The number of nitrogens with one attached hydrogen (secondary N) is 1. The standard InChI is InChI=1S/C19H28N8O3S/c1-16-6-7-17(27-15-20-22-23-27)14-18(16)21-19(28)24-10-12-26(13-11-24)31(29,30)25-8-4-2-3-5-9-25/h6-7,14-15H,2-5,8-13H2,1H3,(H,21,28). The first-order chi connectivity index (χ1) is 14.9. The summed E-state index contributed by atoms with van der Waals surface area (Å²) in [6.07, 6.45) is 5.46. The van der Waals surface area contributed by atoms with Gasteiger partial charge in [-0.15, -0.1) is 5.10 Å². The summed E-state index contributed by atoms with van der Waals surface area (Å²) in [6, 6.07) is 5.32. The van der Waals surface area contributed by atoms with Crippen molar-refractivity contribution in [1.29, 1.82) is 0 Å². The Morgan fingerprint density at radius 3 is 2.29 bits per heavy atom. The molecule has 0 saturated carbocycles. The van der Waals surface area contributed by atoms with Gasteiger partial charge in [-0.3, -0.25) is 0 Å². The Morgan fingerprint density at radius 1 is 0.968 bits per heavy atom. The molecule has 0 atom stereocenters. The summed E-state index contributed by atoms with van der Waals surface area (Å²) in [5.74, 6) is 0. The summed E-state index contributed by atoms with van der Waals surface area (Å²) < 4.78 is 30.6. The van der Waals surface area contributed by atoms with Gasteiger partial charge in [0.05, 0.1) is 5.69 Å². The van der Waals surface area contributed by atoms with E-state index < -0.39 is 10.2 Å². The topological polar surface area (TPSA) is 117 Å². The molecule has 1 aromatic heterocycles. The highest BCUT2D eigenvalue weighted by Crippen LogP contribution is 2.21. The van der Waals surface area contributed by atoms with Gasteiger partial charge in [0.2, 0.25) is 0 Å². The van der Waals surface area contributed by atoms with Crippen molar-refractivity contribution < 1.29 is 13.2 Å². The molecule has 4 rings (SSSR count). The maximum Gasteiger partial charge on any atom is 0.321 e. The summed E-state index contributed by atoms with van der Waals surface area (Å²) in [7, 11) is -3.47. The van der Waals surface area contributed by atoms with Gasteiger partial charge in [0, 0.05) is 45.0 Å². The van der Waals surface area contributed by atoms with Crippen LogP contribution in [-0.2, 0) is 10.2 Å². The van der Waals surface area contributed by atoms with Crippen LogP contribution in [-0.4, -0.2) is 87.4 Å². The molecule has 2 amide bonds. The van der Waals surface area contributed by atoms with Crippen LogP contribution < -0.4 is 5.32 Å². The lowest BCUT2D eigenvalue weighted by atomic mass is 10.2. The van der Waals surface area contributed by atoms with Gasteiger partial charge < -0.3 is 10.2 Å². The zero-order valence-corrected chi connectivity index (χ0v) is 18.5. The first-order valence-electron chi connectivity index (χ1n) is 10.6. The fourth-order valence-electron chi connectivity index (χ4n) is 3.92. The maximum atomic E-state index is 13.0. The molecule has 0 bridgehead atoms. The normalized spacial score (nSPS) is 19.2. The number of carbonyl (C=O) groups excluding carboxylic acids is 1. The first-order valence-corrected chi connectivity index (χ1v) is 12.0. The molecule has 31 heavy (non-hydrogen) atoms. The van der Waals surface area contributed by atoms with Crippen molar-refractivity contribution in [2.75, 3.05) is 44.6 Å². The molecule has 0 aliphatic carbocycles. The number of rotatable bonds is 4. The van der Waals surface area contributed by atoms with Crippen molar-refractivity contribution in [3.8, 4) is 5.69 Å². The summed E-state index contributed by atoms with van der Waals surface area (Å²) in [4.78, 5) is 14.5. The Balaban J connectivity index is 1.37. The Morgan fingerprint density at radius 2 is 1.65 bits per heavy atom. The van der Waals surface area contributed by atoms with E-state index in [0.717, 1.165) is 36.9 Å². The van der Waals surface area contributed by atoms with Gasteiger partial charge in [-0.2, -0.15) is 17.0 Å². The number of urea groups is 1. The molecular weight excluding hydrogens is 420 g/mol. The number of hydrogen-bond acceptors (Lipinski definition) is 6. The highest BCUT2D eigenvalue weighted by atomic mass is 32.2. The number of aryl methyl sites for hydroxylation is 1. The zero-order valence-electron chi connectivity index (χ0n) is 17.6. The molecule has 168 valence electrons. The third kappa shape index (κ3) is 4.86. The van der Waals surface area contributed by atoms with Gasteiger partial charge in [-0.25, -0.2) is 9.48 Å². The second-order valence-corrected chi connectivity index (χ2v) is 9.82. The van der Waals surface area contributed by atoms with E-state index >= 15 is 0 Å². The largest absolute Gasteiger partial charge is 0.322 e. The lowest BCUT2D eigenvalue weighted by Crippen LogP contribution is -2.55. The van der Waals surface area contributed by atoms with Crippen molar-refractivity contribution in [2.24, 2.45) is 0 Å². The number of tetrazole rings is 1. The van der Waals surface area contributed by atoms with E-state index in [2.05, 4.69) is 20.8 Å². The lowest BCUT2D eigenvalue weighted by Gasteiger charge is -2.36. The van der Waals surface area contributed by atoms with Gasteiger partial charge >= 0.3 is 6.03 Å². The molecule has 0 spiro atoms. The average Bonchev–Trinajstić information content (AvgIpc) is 3.17. The van der Waals surface area contributed by atoms with Crippen LogP contribution in [0.2, 0.25) is 0 Å². The average molecular weight is 449 g/mol. The van der Waals surface area contributed by atoms with Gasteiger partial charge in [0.15, 0.2) is 0 Å². The Hall–Kier alpha value is -2.57. The van der Waals surface area contributed by atoms with Gasteiger partial charge in [0.25, 0.3) is 10.2 Å². The van der Waals surface area contributed by atoms with Gasteiger partial charge in [-0.05, 0) is 47.9 Å². The van der Waals surface area contributed by atoms with Crippen LogP contribution in [0.1, 0.15) is 31.2 Å². The number of amides is 2. The van der Waals surface area contributed by atoms with Crippen molar-refractivity contribution >= 4 is 21.9 Å². The second kappa shape index (κ2) is 9.28. The van der Waals surface area contributed by atoms with E-state index in [-0.39, 0.29) is 6.03 Å². The molecule has 12 heteroatoms. The van der Waals surface area contributed by atoms with Gasteiger partial charge in [0.1, 0.15) is 6.33 Å². The fourth-order valence-corrected chi connectivity index (χ4v) is 5.59. The molecule has 0 radical (unpaired) electrons. The number of benzene rings is 1. The molecular formula is C19H28N8O3S. The minimum atomic E-state index is -3.47. The molecule has 1 aromatic carbocycles. The Labute approximate surface area is 182 Å². The molecule has 0 unspecified atom stereocenters. The van der Waals surface area contributed by atoms with E-state index in [1.54, 1.807) is 9.21 Å². The molecule has 2 aliphatic heterocycles. The number of nitrogens with zero attached hydrogens (tertiary/aromatic N) is 7. The molecule has 3 heterocycles. The van der Waals surface area contributed by atoms with Crippen molar-refractivity contribution in [3.63, 3.8) is 0 Å². The Kier molecular flexibility index (Phi) is 6.49. The van der Waals surface area contributed by atoms with Gasteiger partial charge in [-0.1, -0.05) is 18.9 Å².